The smallest absolute Gasteiger partial charge is 0.305 e. The van der Waals surface area contributed by atoms with E-state index in [1.807, 2.05) is 0 Å². The summed E-state index contributed by atoms with van der Waals surface area (Å²) in [6, 6.07) is 6.34. The average Bonchev–Trinajstić information content (AvgIpc) is 2.59. The van der Waals surface area contributed by atoms with Gasteiger partial charge in [-0.05, 0) is 30.7 Å². The molecule has 2 amide bonds. The van der Waals surface area contributed by atoms with Crippen molar-refractivity contribution in [2.45, 2.75) is 25.3 Å². The Morgan fingerprint density at radius 1 is 1.28 bits per heavy atom. The number of hydrogen-bond donors (Lipinski definition) is 2. The second kappa shape index (κ2) is 9.68. The van der Waals surface area contributed by atoms with Gasteiger partial charge in [-0.1, -0.05) is 11.6 Å². The second-order valence-electron chi connectivity index (χ2n) is 5.78. The highest BCUT2D eigenvalue weighted by molar-refractivity contribution is 7.99. The maximum Gasteiger partial charge on any atom is 0.305 e. The van der Waals surface area contributed by atoms with Gasteiger partial charge in [0.25, 0.3) is 5.91 Å². The largest absolute Gasteiger partial charge is 0.481 e. The van der Waals surface area contributed by atoms with Crippen LogP contribution in [0.1, 0.15) is 29.6 Å². The molecule has 2 rings (SSSR count). The number of carbonyl (C=O) groups excluding carboxylic acids is 2. The van der Waals surface area contributed by atoms with E-state index >= 15 is 0 Å². The van der Waals surface area contributed by atoms with Crippen LogP contribution >= 0.6 is 23.4 Å². The minimum absolute atomic E-state index is 0.0218. The zero-order valence-electron chi connectivity index (χ0n) is 13.7. The van der Waals surface area contributed by atoms with E-state index in [9.17, 15) is 14.4 Å². The number of nitrogens with zero attached hydrogens (tertiary/aromatic N) is 1. The number of benzene rings is 1. The summed E-state index contributed by atoms with van der Waals surface area (Å²) in [5.41, 5.74) is 0.519. The molecule has 1 aromatic carbocycles. The number of halogens is 1. The van der Waals surface area contributed by atoms with E-state index in [1.54, 1.807) is 40.9 Å². The molecule has 1 unspecified atom stereocenters. The monoisotopic (exact) mass is 384 g/mol. The third-order valence-corrected chi connectivity index (χ3v) is 5.26. The zero-order chi connectivity index (χ0) is 18.2. The number of nitrogens with one attached hydrogen (secondary N) is 1. The molecule has 1 heterocycles. The van der Waals surface area contributed by atoms with E-state index in [0.717, 1.165) is 5.75 Å². The van der Waals surface area contributed by atoms with Crippen LogP contribution in [0.25, 0.3) is 0 Å². The van der Waals surface area contributed by atoms with Crippen LogP contribution in [0.2, 0.25) is 5.02 Å². The summed E-state index contributed by atoms with van der Waals surface area (Å²) in [7, 11) is 0. The first kappa shape index (κ1) is 19.6. The molecule has 25 heavy (non-hydrogen) atoms. The Kier molecular flexibility index (Phi) is 7.58. The van der Waals surface area contributed by atoms with E-state index in [-0.39, 0.29) is 24.3 Å². The third kappa shape index (κ3) is 6.25. The number of hydrogen-bond acceptors (Lipinski definition) is 4. The van der Waals surface area contributed by atoms with Crippen molar-refractivity contribution in [2.24, 2.45) is 0 Å². The number of thioether (sulfide) groups is 1. The van der Waals surface area contributed by atoms with Crippen molar-refractivity contribution in [2.75, 3.05) is 24.6 Å². The number of carbonyl (C=O) groups is 3. The minimum Gasteiger partial charge on any atom is -0.481 e. The third-order valence-electron chi connectivity index (χ3n) is 3.92. The van der Waals surface area contributed by atoms with Crippen molar-refractivity contribution in [3.63, 3.8) is 0 Å². The highest BCUT2D eigenvalue weighted by Crippen LogP contribution is 2.20. The molecule has 6 nitrogen and oxygen atoms in total. The maximum absolute atomic E-state index is 12.3. The van der Waals surface area contributed by atoms with Crippen molar-refractivity contribution in [1.82, 2.24) is 10.2 Å². The van der Waals surface area contributed by atoms with Crippen molar-refractivity contribution in [3.8, 4) is 0 Å². The minimum atomic E-state index is -0.888. The summed E-state index contributed by atoms with van der Waals surface area (Å²) < 4.78 is 0. The standard InChI is InChI=1S/C17H21ClN2O4S/c18-13-5-3-12(4-6-13)17(24)19-7-1-2-15(21)20-8-9-25-11-14(20)10-16(22)23/h3-6,14H,1-2,7-11H2,(H,19,24)(H,22,23). The van der Waals surface area contributed by atoms with E-state index in [2.05, 4.69) is 5.32 Å². The van der Waals surface area contributed by atoms with Gasteiger partial charge in [0.1, 0.15) is 0 Å². The van der Waals surface area contributed by atoms with Gasteiger partial charge in [-0.2, -0.15) is 11.8 Å². The second-order valence-corrected chi connectivity index (χ2v) is 7.37. The van der Waals surface area contributed by atoms with Crippen molar-refractivity contribution >= 4 is 41.1 Å². The lowest BCUT2D eigenvalue weighted by Gasteiger charge is -2.34. The SMILES string of the molecule is O=C(O)CC1CSCCN1C(=O)CCCNC(=O)c1ccc(Cl)cc1. The Hall–Kier alpha value is -1.73. The van der Waals surface area contributed by atoms with Crippen LogP contribution in [-0.2, 0) is 9.59 Å². The lowest BCUT2D eigenvalue weighted by Crippen LogP contribution is -2.47. The summed E-state index contributed by atoms with van der Waals surface area (Å²) in [4.78, 5) is 36.9. The molecule has 0 radical (unpaired) electrons. The summed E-state index contributed by atoms with van der Waals surface area (Å²) in [6.07, 6.45) is 0.787. The Balaban J connectivity index is 1.74. The number of carboxylic acid groups (broad SMARTS) is 1. The lowest BCUT2D eigenvalue weighted by molar-refractivity contribution is -0.140. The predicted octanol–water partition coefficient (Wildman–Crippen LogP) is 2.27. The van der Waals surface area contributed by atoms with Gasteiger partial charge in [-0.3, -0.25) is 14.4 Å². The topological polar surface area (TPSA) is 86.7 Å². The number of amides is 2. The molecule has 1 saturated heterocycles. The molecule has 0 aliphatic carbocycles. The molecule has 2 N–H and O–H groups in total. The molecular weight excluding hydrogens is 364 g/mol. The van der Waals surface area contributed by atoms with Crippen LogP contribution in [0.15, 0.2) is 24.3 Å². The number of aliphatic carboxylic acids is 1. The fourth-order valence-corrected chi connectivity index (χ4v) is 3.83. The van der Waals surface area contributed by atoms with Crippen LogP contribution in [0, 0.1) is 0 Å². The molecule has 1 fully saturated rings. The van der Waals surface area contributed by atoms with Crippen molar-refractivity contribution in [1.29, 1.82) is 0 Å². The van der Waals surface area contributed by atoms with Crippen LogP contribution in [0.3, 0.4) is 0 Å². The molecule has 0 bridgehead atoms. The van der Waals surface area contributed by atoms with Crippen LogP contribution in [0.5, 0.6) is 0 Å². The predicted molar refractivity (Wildman–Crippen MR) is 98.1 cm³/mol. The van der Waals surface area contributed by atoms with E-state index in [1.165, 1.54) is 0 Å². The number of rotatable bonds is 7. The summed E-state index contributed by atoms with van der Waals surface area (Å²) in [6.45, 7) is 0.970. The van der Waals surface area contributed by atoms with Crippen LogP contribution in [-0.4, -0.2) is 58.4 Å². The average molecular weight is 385 g/mol. The molecule has 0 aromatic heterocycles. The van der Waals surface area contributed by atoms with Gasteiger partial charge in [-0.25, -0.2) is 0 Å². The lowest BCUT2D eigenvalue weighted by atomic mass is 10.1. The van der Waals surface area contributed by atoms with E-state index in [4.69, 9.17) is 16.7 Å². The van der Waals surface area contributed by atoms with Gasteiger partial charge in [0.2, 0.25) is 5.91 Å². The van der Waals surface area contributed by atoms with E-state index < -0.39 is 5.97 Å². The van der Waals surface area contributed by atoms with Gasteiger partial charge in [0, 0.05) is 41.6 Å². The molecule has 0 spiro atoms. The van der Waals surface area contributed by atoms with E-state index in [0.29, 0.717) is 42.3 Å². The molecular formula is C17H21ClN2O4S. The Morgan fingerprint density at radius 3 is 2.68 bits per heavy atom. The Labute approximate surface area is 155 Å². The van der Waals surface area contributed by atoms with Gasteiger partial charge in [0.05, 0.1) is 12.5 Å². The fraction of sp³-hybridized carbons (Fsp3) is 0.471. The van der Waals surface area contributed by atoms with Gasteiger partial charge >= 0.3 is 5.97 Å². The highest BCUT2D eigenvalue weighted by Gasteiger charge is 2.28. The fourth-order valence-electron chi connectivity index (χ4n) is 2.64. The quantitative estimate of drug-likeness (QED) is 0.704. The summed E-state index contributed by atoms with van der Waals surface area (Å²) in [5, 5.41) is 12.3. The first-order valence-electron chi connectivity index (χ1n) is 8.10. The molecule has 1 aromatic rings. The van der Waals surface area contributed by atoms with Crippen LogP contribution < -0.4 is 5.32 Å². The molecule has 8 heteroatoms. The maximum atomic E-state index is 12.3. The molecule has 0 saturated carbocycles. The first-order valence-corrected chi connectivity index (χ1v) is 9.63. The summed E-state index contributed by atoms with van der Waals surface area (Å²) in [5.74, 6) is 0.343. The van der Waals surface area contributed by atoms with Crippen molar-refractivity contribution < 1.29 is 19.5 Å². The Morgan fingerprint density at radius 2 is 2.00 bits per heavy atom. The number of carboxylic acids is 1. The Bertz CT molecular complexity index is 624. The molecule has 1 aliphatic rings. The first-order chi connectivity index (χ1) is 12.0. The summed E-state index contributed by atoms with van der Waals surface area (Å²) >= 11 is 7.46. The zero-order valence-corrected chi connectivity index (χ0v) is 15.3. The van der Waals surface area contributed by atoms with Gasteiger partial charge < -0.3 is 15.3 Å². The normalized spacial score (nSPS) is 17.2. The molecule has 1 atom stereocenters. The van der Waals surface area contributed by atoms with Crippen LogP contribution in [0.4, 0.5) is 0 Å². The van der Waals surface area contributed by atoms with Crippen molar-refractivity contribution in [3.05, 3.63) is 34.9 Å². The van der Waals surface area contributed by atoms with Gasteiger partial charge in [0.15, 0.2) is 0 Å². The van der Waals surface area contributed by atoms with Gasteiger partial charge in [-0.15, -0.1) is 0 Å². The molecule has 136 valence electrons. The molecule has 1 aliphatic heterocycles. The highest BCUT2D eigenvalue weighted by atomic mass is 35.5.